The van der Waals surface area contributed by atoms with Gasteiger partial charge in [-0.1, -0.05) is 28.1 Å². The summed E-state index contributed by atoms with van der Waals surface area (Å²) < 4.78 is 2.98. The molecule has 0 aliphatic rings. The number of hydrogen-bond acceptors (Lipinski definition) is 3. The Morgan fingerprint density at radius 1 is 1.19 bits per heavy atom. The van der Waals surface area contributed by atoms with Gasteiger partial charge in [-0.05, 0) is 24.6 Å². The second-order valence-corrected chi connectivity index (χ2v) is 5.94. The summed E-state index contributed by atoms with van der Waals surface area (Å²) in [6.07, 6.45) is 3.75. The summed E-state index contributed by atoms with van der Waals surface area (Å²) in [5, 5.41) is 8.88. The normalized spacial score (nSPS) is 11.2. The SMILES string of the molecule is Cc1c(CNCc2ccc(Br)c3cccnc23)cnn1C. The minimum Gasteiger partial charge on any atom is -0.308 e. The van der Waals surface area contributed by atoms with Gasteiger partial charge in [-0.25, -0.2) is 0 Å². The largest absolute Gasteiger partial charge is 0.308 e. The molecular weight excluding hydrogens is 328 g/mol. The number of rotatable bonds is 4. The lowest BCUT2D eigenvalue weighted by Crippen LogP contribution is -2.13. The molecule has 4 nitrogen and oxygen atoms in total. The van der Waals surface area contributed by atoms with Crippen molar-refractivity contribution in [3.63, 3.8) is 0 Å². The fourth-order valence-electron chi connectivity index (χ4n) is 2.39. The van der Waals surface area contributed by atoms with Crippen LogP contribution in [0.15, 0.2) is 41.1 Å². The third kappa shape index (κ3) is 2.84. The number of aryl methyl sites for hydroxylation is 1. The number of nitrogens with one attached hydrogen (secondary N) is 1. The maximum Gasteiger partial charge on any atom is 0.0758 e. The molecule has 0 unspecified atom stereocenters. The Balaban J connectivity index is 1.77. The Kier molecular flexibility index (Phi) is 4.03. The first-order chi connectivity index (χ1) is 10.2. The lowest BCUT2D eigenvalue weighted by Gasteiger charge is -2.09. The smallest absolute Gasteiger partial charge is 0.0758 e. The van der Waals surface area contributed by atoms with Crippen molar-refractivity contribution >= 4 is 26.8 Å². The Labute approximate surface area is 132 Å². The van der Waals surface area contributed by atoms with Gasteiger partial charge < -0.3 is 5.32 Å². The molecule has 0 aliphatic heterocycles. The molecule has 0 saturated heterocycles. The minimum atomic E-state index is 0.787. The number of nitrogens with zero attached hydrogens (tertiary/aromatic N) is 3. The zero-order valence-electron chi connectivity index (χ0n) is 12.1. The van der Waals surface area contributed by atoms with Gasteiger partial charge in [-0.2, -0.15) is 5.10 Å². The van der Waals surface area contributed by atoms with Gasteiger partial charge in [0.05, 0.1) is 11.7 Å². The van der Waals surface area contributed by atoms with E-state index in [4.69, 9.17) is 0 Å². The van der Waals surface area contributed by atoms with Gasteiger partial charge in [0.15, 0.2) is 0 Å². The molecule has 0 amide bonds. The first-order valence-electron chi connectivity index (χ1n) is 6.87. The first-order valence-corrected chi connectivity index (χ1v) is 7.66. The maximum absolute atomic E-state index is 4.50. The molecule has 0 fully saturated rings. The molecule has 0 aliphatic carbocycles. The van der Waals surface area contributed by atoms with Crippen LogP contribution in [0.3, 0.4) is 0 Å². The quantitative estimate of drug-likeness (QED) is 0.789. The second kappa shape index (κ2) is 5.95. The highest BCUT2D eigenvalue weighted by Gasteiger charge is 2.06. The second-order valence-electron chi connectivity index (χ2n) is 5.09. The van der Waals surface area contributed by atoms with E-state index in [2.05, 4.69) is 56.5 Å². The van der Waals surface area contributed by atoms with Gasteiger partial charge in [0, 0.05) is 47.5 Å². The zero-order valence-corrected chi connectivity index (χ0v) is 13.7. The van der Waals surface area contributed by atoms with E-state index in [1.54, 1.807) is 0 Å². The summed E-state index contributed by atoms with van der Waals surface area (Å²) >= 11 is 3.58. The Hall–Kier alpha value is -1.72. The van der Waals surface area contributed by atoms with Crippen molar-refractivity contribution in [3.8, 4) is 0 Å². The molecule has 108 valence electrons. The van der Waals surface area contributed by atoms with Gasteiger partial charge in [0.1, 0.15) is 0 Å². The average Bonchev–Trinajstić information content (AvgIpc) is 2.82. The molecule has 0 bridgehead atoms. The number of aromatic nitrogens is 3. The Morgan fingerprint density at radius 2 is 2.00 bits per heavy atom. The molecule has 2 heterocycles. The molecule has 3 rings (SSSR count). The van der Waals surface area contributed by atoms with Crippen LogP contribution in [-0.4, -0.2) is 14.8 Å². The number of benzene rings is 1. The highest BCUT2D eigenvalue weighted by atomic mass is 79.9. The molecule has 5 heteroatoms. The number of hydrogen-bond donors (Lipinski definition) is 1. The zero-order chi connectivity index (χ0) is 14.8. The van der Waals surface area contributed by atoms with Crippen LogP contribution in [-0.2, 0) is 20.1 Å². The van der Waals surface area contributed by atoms with Crippen molar-refractivity contribution < 1.29 is 0 Å². The van der Waals surface area contributed by atoms with Crippen molar-refractivity contribution in [2.45, 2.75) is 20.0 Å². The van der Waals surface area contributed by atoms with E-state index in [9.17, 15) is 0 Å². The summed E-state index contributed by atoms with van der Waals surface area (Å²) in [5.74, 6) is 0. The molecular formula is C16H17BrN4. The maximum atomic E-state index is 4.50. The van der Waals surface area contributed by atoms with Gasteiger partial charge in [0.2, 0.25) is 0 Å². The lowest BCUT2D eigenvalue weighted by molar-refractivity contribution is 0.686. The van der Waals surface area contributed by atoms with Crippen molar-refractivity contribution in [1.82, 2.24) is 20.1 Å². The average molecular weight is 345 g/mol. The first kappa shape index (κ1) is 14.2. The fourth-order valence-corrected chi connectivity index (χ4v) is 2.84. The lowest BCUT2D eigenvalue weighted by atomic mass is 10.1. The van der Waals surface area contributed by atoms with E-state index in [0.717, 1.165) is 28.5 Å². The van der Waals surface area contributed by atoms with Crippen LogP contribution in [0.5, 0.6) is 0 Å². The van der Waals surface area contributed by atoms with Crippen LogP contribution in [0.25, 0.3) is 10.9 Å². The third-order valence-corrected chi connectivity index (χ3v) is 4.46. The third-order valence-electron chi connectivity index (χ3n) is 3.77. The van der Waals surface area contributed by atoms with Crippen LogP contribution in [0, 0.1) is 6.92 Å². The predicted molar refractivity (Wildman–Crippen MR) is 87.9 cm³/mol. The molecule has 1 N–H and O–H groups in total. The van der Waals surface area contributed by atoms with E-state index in [1.165, 1.54) is 16.8 Å². The molecule has 1 aromatic carbocycles. The van der Waals surface area contributed by atoms with Gasteiger partial charge in [0.25, 0.3) is 0 Å². The summed E-state index contributed by atoms with van der Waals surface area (Å²) in [7, 11) is 1.96. The summed E-state index contributed by atoms with van der Waals surface area (Å²) in [4.78, 5) is 4.50. The predicted octanol–water partition coefficient (Wildman–Crippen LogP) is 3.33. The highest BCUT2D eigenvalue weighted by molar-refractivity contribution is 9.10. The molecule has 2 aromatic heterocycles. The van der Waals surface area contributed by atoms with Crippen LogP contribution in [0.1, 0.15) is 16.8 Å². The highest BCUT2D eigenvalue weighted by Crippen LogP contribution is 2.25. The van der Waals surface area contributed by atoms with Crippen LogP contribution >= 0.6 is 15.9 Å². The van der Waals surface area contributed by atoms with Crippen molar-refractivity contribution in [3.05, 3.63) is 58.0 Å². The van der Waals surface area contributed by atoms with Crippen molar-refractivity contribution in [1.29, 1.82) is 0 Å². The van der Waals surface area contributed by atoms with Gasteiger partial charge >= 0.3 is 0 Å². The van der Waals surface area contributed by atoms with Gasteiger partial charge in [-0.3, -0.25) is 9.67 Å². The Bertz CT molecular complexity index is 779. The molecule has 0 radical (unpaired) electrons. The minimum absolute atomic E-state index is 0.787. The molecule has 0 atom stereocenters. The van der Waals surface area contributed by atoms with E-state index in [-0.39, 0.29) is 0 Å². The van der Waals surface area contributed by atoms with E-state index in [0.29, 0.717) is 0 Å². The van der Waals surface area contributed by atoms with Crippen molar-refractivity contribution in [2.24, 2.45) is 7.05 Å². The topological polar surface area (TPSA) is 42.7 Å². The molecule has 0 spiro atoms. The van der Waals surface area contributed by atoms with E-state index < -0.39 is 0 Å². The Morgan fingerprint density at radius 3 is 2.76 bits per heavy atom. The van der Waals surface area contributed by atoms with Crippen LogP contribution in [0.2, 0.25) is 0 Å². The van der Waals surface area contributed by atoms with Crippen LogP contribution < -0.4 is 5.32 Å². The molecule has 3 aromatic rings. The van der Waals surface area contributed by atoms with E-state index >= 15 is 0 Å². The molecule has 0 saturated carbocycles. The standard InChI is InChI=1S/C16H17BrN4/c1-11-13(10-20-21(11)2)9-18-8-12-5-6-15(17)14-4-3-7-19-16(12)14/h3-7,10,18H,8-9H2,1-2H3. The number of fused-ring (bicyclic) bond motifs is 1. The summed E-state index contributed by atoms with van der Waals surface area (Å²) in [6.45, 7) is 3.68. The fraction of sp³-hybridized carbons (Fsp3) is 0.250. The van der Waals surface area contributed by atoms with Crippen LogP contribution in [0.4, 0.5) is 0 Å². The van der Waals surface area contributed by atoms with Gasteiger partial charge in [-0.15, -0.1) is 0 Å². The van der Waals surface area contributed by atoms with Crippen molar-refractivity contribution in [2.75, 3.05) is 0 Å². The monoisotopic (exact) mass is 344 g/mol. The number of pyridine rings is 1. The summed E-state index contributed by atoms with van der Waals surface area (Å²) in [6, 6.07) is 8.24. The molecule has 21 heavy (non-hydrogen) atoms. The summed E-state index contributed by atoms with van der Waals surface area (Å²) in [5.41, 5.74) is 4.67. The number of halogens is 1. The van der Waals surface area contributed by atoms with E-state index in [1.807, 2.05) is 30.2 Å².